The van der Waals surface area contributed by atoms with E-state index in [-0.39, 0.29) is 5.91 Å². The second-order valence-corrected chi connectivity index (χ2v) is 6.31. The van der Waals surface area contributed by atoms with E-state index >= 15 is 0 Å². The smallest absolute Gasteiger partial charge is 0.258 e. The highest BCUT2D eigenvalue weighted by atomic mass is 35.5. The van der Waals surface area contributed by atoms with Crippen LogP contribution >= 0.6 is 23.2 Å². The fourth-order valence-electron chi connectivity index (χ4n) is 2.37. The fraction of sp³-hybridized carbons (Fsp3) is 0.111. The van der Waals surface area contributed by atoms with E-state index in [9.17, 15) is 9.18 Å². The maximum Gasteiger partial charge on any atom is 0.258 e. The lowest BCUT2D eigenvalue weighted by Crippen LogP contribution is -2.13. The number of hydrogen-bond donors (Lipinski definition) is 1. The van der Waals surface area contributed by atoms with Crippen molar-refractivity contribution in [2.75, 3.05) is 5.32 Å². The van der Waals surface area contributed by atoms with Crippen molar-refractivity contribution in [3.05, 3.63) is 81.2 Å². The van der Waals surface area contributed by atoms with Gasteiger partial charge in [-0.15, -0.1) is 0 Å². The molecule has 1 aromatic heterocycles. The zero-order valence-electron chi connectivity index (χ0n) is 13.3. The highest BCUT2D eigenvalue weighted by molar-refractivity contribution is 6.34. The molecule has 1 heterocycles. The van der Waals surface area contributed by atoms with Crippen molar-refractivity contribution in [3.8, 4) is 0 Å². The number of nitrogens with one attached hydrogen (secondary N) is 1. The standard InChI is InChI=1S/C18H14Cl2FN3O/c1-11-8-17(22-18(25)14-4-2-3-5-15(14)19)23-24(11)10-12-6-7-13(21)9-16(12)20/h2-9H,10H2,1H3,(H,22,23,25). The van der Waals surface area contributed by atoms with Gasteiger partial charge in [0, 0.05) is 16.8 Å². The molecular formula is C18H14Cl2FN3O. The van der Waals surface area contributed by atoms with Crippen molar-refractivity contribution in [1.82, 2.24) is 9.78 Å². The molecule has 0 atom stereocenters. The van der Waals surface area contributed by atoms with Crippen LogP contribution in [-0.4, -0.2) is 15.7 Å². The van der Waals surface area contributed by atoms with Gasteiger partial charge in [0.1, 0.15) is 5.82 Å². The lowest BCUT2D eigenvalue weighted by Gasteiger charge is -2.07. The van der Waals surface area contributed by atoms with Crippen LogP contribution in [-0.2, 0) is 6.54 Å². The Morgan fingerprint density at radius 1 is 1.16 bits per heavy atom. The molecule has 25 heavy (non-hydrogen) atoms. The molecule has 7 heteroatoms. The first-order chi connectivity index (χ1) is 11.9. The van der Waals surface area contributed by atoms with Crippen LogP contribution in [0.15, 0.2) is 48.5 Å². The summed E-state index contributed by atoms with van der Waals surface area (Å²) >= 11 is 12.1. The average Bonchev–Trinajstić information content (AvgIpc) is 2.90. The van der Waals surface area contributed by atoms with E-state index in [1.807, 2.05) is 6.92 Å². The minimum Gasteiger partial charge on any atom is -0.305 e. The topological polar surface area (TPSA) is 46.9 Å². The molecule has 0 fully saturated rings. The fourth-order valence-corrected chi connectivity index (χ4v) is 2.82. The van der Waals surface area contributed by atoms with Gasteiger partial charge in [0.05, 0.1) is 17.1 Å². The van der Waals surface area contributed by atoms with E-state index in [1.165, 1.54) is 12.1 Å². The first-order valence-electron chi connectivity index (χ1n) is 7.48. The summed E-state index contributed by atoms with van der Waals surface area (Å²) in [6.45, 7) is 2.22. The van der Waals surface area contributed by atoms with Crippen LogP contribution in [0.3, 0.4) is 0 Å². The monoisotopic (exact) mass is 377 g/mol. The number of aryl methyl sites for hydroxylation is 1. The Balaban J connectivity index is 1.78. The molecule has 0 aliphatic heterocycles. The molecule has 0 bridgehead atoms. The van der Waals surface area contributed by atoms with Crippen molar-refractivity contribution >= 4 is 34.9 Å². The highest BCUT2D eigenvalue weighted by Gasteiger charge is 2.13. The zero-order chi connectivity index (χ0) is 18.0. The second kappa shape index (κ2) is 7.25. The Hall–Kier alpha value is -2.37. The van der Waals surface area contributed by atoms with Crippen molar-refractivity contribution in [1.29, 1.82) is 0 Å². The number of carbonyl (C=O) groups excluding carboxylic acids is 1. The number of amides is 1. The van der Waals surface area contributed by atoms with E-state index in [1.54, 1.807) is 41.1 Å². The van der Waals surface area contributed by atoms with Gasteiger partial charge < -0.3 is 5.32 Å². The number of rotatable bonds is 4. The van der Waals surface area contributed by atoms with Crippen LogP contribution in [0, 0.1) is 12.7 Å². The Kier molecular flexibility index (Phi) is 5.06. The second-order valence-electron chi connectivity index (χ2n) is 5.50. The van der Waals surface area contributed by atoms with E-state index in [0.29, 0.717) is 28.0 Å². The van der Waals surface area contributed by atoms with Gasteiger partial charge in [-0.05, 0) is 36.8 Å². The quantitative estimate of drug-likeness (QED) is 0.699. The molecular weight excluding hydrogens is 364 g/mol. The summed E-state index contributed by atoms with van der Waals surface area (Å²) in [6, 6.07) is 12.7. The summed E-state index contributed by atoms with van der Waals surface area (Å²) < 4.78 is 14.8. The van der Waals surface area contributed by atoms with Gasteiger partial charge in [-0.1, -0.05) is 41.4 Å². The molecule has 3 aromatic rings. The summed E-state index contributed by atoms with van der Waals surface area (Å²) in [5.41, 5.74) is 1.94. The van der Waals surface area contributed by atoms with Crippen molar-refractivity contribution in [2.45, 2.75) is 13.5 Å². The summed E-state index contributed by atoms with van der Waals surface area (Å²) in [4.78, 5) is 12.3. The molecule has 128 valence electrons. The number of anilines is 1. The third-order valence-electron chi connectivity index (χ3n) is 3.68. The number of carbonyl (C=O) groups is 1. The predicted octanol–water partition coefficient (Wildman–Crippen LogP) is 4.94. The van der Waals surface area contributed by atoms with Crippen LogP contribution < -0.4 is 5.32 Å². The molecule has 0 unspecified atom stereocenters. The van der Waals surface area contributed by atoms with Gasteiger partial charge in [0.25, 0.3) is 5.91 Å². The SMILES string of the molecule is Cc1cc(NC(=O)c2ccccc2Cl)nn1Cc1ccc(F)cc1Cl. The summed E-state index contributed by atoms with van der Waals surface area (Å²) in [6.07, 6.45) is 0. The number of halogens is 3. The number of aromatic nitrogens is 2. The maximum atomic E-state index is 13.1. The molecule has 1 N–H and O–H groups in total. The minimum absolute atomic E-state index is 0.330. The summed E-state index contributed by atoms with van der Waals surface area (Å²) in [5, 5.41) is 7.77. The summed E-state index contributed by atoms with van der Waals surface area (Å²) in [5.74, 6) is -0.325. The van der Waals surface area contributed by atoms with Crippen molar-refractivity contribution in [3.63, 3.8) is 0 Å². The molecule has 0 saturated carbocycles. The zero-order valence-corrected chi connectivity index (χ0v) is 14.8. The van der Waals surface area contributed by atoms with Gasteiger partial charge in [-0.25, -0.2) is 4.39 Å². The Labute approximate surface area is 154 Å². The molecule has 0 aliphatic carbocycles. The van der Waals surface area contributed by atoms with Gasteiger partial charge in [-0.2, -0.15) is 5.10 Å². The Bertz CT molecular complexity index is 940. The molecule has 0 radical (unpaired) electrons. The van der Waals surface area contributed by atoms with Crippen LogP contribution in [0.1, 0.15) is 21.6 Å². The van der Waals surface area contributed by atoms with E-state index in [2.05, 4.69) is 10.4 Å². The van der Waals surface area contributed by atoms with E-state index in [4.69, 9.17) is 23.2 Å². The first kappa shape index (κ1) is 17.5. The molecule has 1 amide bonds. The lowest BCUT2D eigenvalue weighted by atomic mass is 10.2. The Morgan fingerprint density at radius 2 is 1.92 bits per heavy atom. The number of hydrogen-bond acceptors (Lipinski definition) is 2. The molecule has 4 nitrogen and oxygen atoms in total. The normalized spacial score (nSPS) is 10.7. The molecule has 0 spiro atoms. The predicted molar refractivity (Wildman–Crippen MR) is 96.9 cm³/mol. The highest BCUT2D eigenvalue weighted by Crippen LogP contribution is 2.21. The van der Waals surface area contributed by atoms with Gasteiger partial charge in [-0.3, -0.25) is 9.48 Å². The molecule has 2 aromatic carbocycles. The van der Waals surface area contributed by atoms with Crippen molar-refractivity contribution in [2.24, 2.45) is 0 Å². The maximum absolute atomic E-state index is 13.1. The average molecular weight is 378 g/mol. The van der Waals surface area contributed by atoms with Crippen LogP contribution in [0.5, 0.6) is 0 Å². The molecule has 0 saturated heterocycles. The Morgan fingerprint density at radius 3 is 2.64 bits per heavy atom. The van der Waals surface area contributed by atoms with Crippen LogP contribution in [0.4, 0.5) is 10.2 Å². The third-order valence-corrected chi connectivity index (χ3v) is 4.36. The van der Waals surface area contributed by atoms with E-state index < -0.39 is 5.82 Å². The largest absolute Gasteiger partial charge is 0.305 e. The van der Waals surface area contributed by atoms with Crippen LogP contribution in [0.25, 0.3) is 0 Å². The van der Waals surface area contributed by atoms with Gasteiger partial charge in [0.2, 0.25) is 0 Å². The molecule has 0 aliphatic rings. The van der Waals surface area contributed by atoms with Crippen LogP contribution in [0.2, 0.25) is 10.0 Å². The molecule has 3 rings (SSSR count). The summed E-state index contributed by atoms with van der Waals surface area (Å²) in [7, 11) is 0. The van der Waals surface area contributed by atoms with Crippen molar-refractivity contribution < 1.29 is 9.18 Å². The lowest BCUT2D eigenvalue weighted by molar-refractivity contribution is 0.102. The minimum atomic E-state index is -0.390. The van der Waals surface area contributed by atoms with E-state index in [0.717, 1.165) is 11.3 Å². The number of benzene rings is 2. The number of nitrogens with zero attached hydrogens (tertiary/aromatic N) is 2. The van der Waals surface area contributed by atoms with Gasteiger partial charge >= 0.3 is 0 Å². The van der Waals surface area contributed by atoms with Gasteiger partial charge in [0.15, 0.2) is 5.82 Å². The third kappa shape index (κ3) is 4.00. The first-order valence-corrected chi connectivity index (χ1v) is 8.24.